The molecule has 1 aliphatic heterocycles. The summed E-state index contributed by atoms with van der Waals surface area (Å²) in [6.07, 6.45) is 1.98. The number of carbonyl (C=O) groups is 2. The summed E-state index contributed by atoms with van der Waals surface area (Å²) in [5, 5.41) is 2.74. The van der Waals surface area contributed by atoms with Crippen molar-refractivity contribution in [2.24, 2.45) is 0 Å². The van der Waals surface area contributed by atoms with Crippen molar-refractivity contribution in [3.8, 4) is 16.9 Å². The fourth-order valence-electron chi connectivity index (χ4n) is 3.66. The normalized spacial score (nSPS) is 13.3. The number of ketones is 1. The van der Waals surface area contributed by atoms with Crippen molar-refractivity contribution in [2.75, 3.05) is 25.1 Å². The van der Waals surface area contributed by atoms with Gasteiger partial charge in [0, 0.05) is 31.3 Å². The standard InChI is InChI=1S/C24H22FN3O3/c1-15(29)17-4-3-5-18(13-17)22-20(31-2)8-7-19(23(22)25)12-16-6-9-21(27-14-16)28-11-10-26-24(28)30/h3-9,13-14H,10-12H2,1-2H3,(H,26,30). The lowest BCUT2D eigenvalue weighted by molar-refractivity contribution is 0.101. The molecule has 0 atom stereocenters. The van der Waals surface area contributed by atoms with Gasteiger partial charge in [0.25, 0.3) is 0 Å². The summed E-state index contributed by atoms with van der Waals surface area (Å²) in [4.78, 5) is 29.5. The lowest BCUT2D eigenvalue weighted by Gasteiger charge is -2.15. The van der Waals surface area contributed by atoms with Crippen molar-refractivity contribution in [3.05, 3.63) is 77.2 Å². The molecular formula is C24H22FN3O3. The maximum absolute atomic E-state index is 15.6. The molecule has 3 aromatic rings. The van der Waals surface area contributed by atoms with E-state index in [4.69, 9.17) is 4.74 Å². The van der Waals surface area contributed by atoms with E-state index in [0.717, 1.165) is 5.56 Å². The third-order valence-electron chi connectivity index (χ3n) is 5.30. The van der Waals surface area contributed by atoms with Crippen LogP contribution >= 0.6 is 0 Å². The maximum Gasteiger partial charge on any atom is 0.323 e. The number of nitrogens with zero attached hydrogens (tertiary/aromatic N) is 2. The average Bonchev–Trinajstić information content (AvgIpc) is 3.21. The highest BCUT2D eigenvalue weighted by Gasteiger charge is 2.22. The number of methoxy groups -OCH3 is 1. The third kappa shape index (κ3) is 4.12. The predicted molar refractivity (Wildman–Crippen MR) is 116 cm³/mol. The van der Waals surface area contributed by atoms with E-state index in [2.05, 4.69) is 10.3 Å². The number of urea groups is 1. The van der Waals surface area contributed by atoms with Gasteiger partial charge in [-0.15, -0.1) is 0 Å². The Morgan fingerprint density at radius 2 is 2.06 bits per heavy atom. The zero-order valence-electron chi connectivity index (χ0n) is 17.3. The van der Waals surface area contributed by atoms with Gasteiger partial charge in [-0.1, -0.05) is 30.3 Å². The number of nitrogens with one attached hydrogen (secondary N) is 1. The number of hydrogen-bond acceptors (Lipinski definition) is 4. The van der Waals surface area contributed by atoms with Gasteiger partial charge in [0.1, 0.15) is 17.4 Å². The van der Waals surface area contributed by atoms with Crippen molar-refractivity contribution in [2.45, 2.75) is 13.3 Å². The summed E-state index contributed by atoms with van der Waals surface area (Å²) in [5.41, 5.74) is 2.71. The number of rotatable bonds is 6. The molecule has 1 aromatic heterocycles. The number of carbonyl (C=O) groups excluding carboxylic acids is 2. The third-order valence-corrected chi connectivity index (χ3v) is 5.30. The van der Waals surface area contributed by atoms with E-state index >= 15 is 4.39 Å². The van der Waals surface area contributed by atoms with Crippen LogP contribution in [-0.4, -0.2) is 37.0 Å². The first kappa shape index (κ1) is 20.5. The Balaban J connectivity index is 1.65. The van der Waals surface area contributed by atoms with E-state index < -0.39 is 5.82 Å². The van der Waals surface area contributed by atoms with Gasteiger partial charge in [-0.05, 0) is 41.8 Å². The minimum Gasteiger partial charge on any atom is -0.496 e. The molecule has 0 radical (unpaired) electrons. The monoisotopic (exact) mass is 419 g/mol. The topological polar surface area (TPSA) is 71.5 Å². The Hall–Kier alpha value is -3.74. The molecule has 2 heterocycles. The number of hydrogen-bond donors (Lipinski definition) is 1. The summed E-state index contributed by atoms with van der Waals surface area (Å²) >= 11 is 0. The van der Waals surface area contributed by atoms with E-state index in [0.29, 0.717) is 53.3 Å². The number of Topliss-reactive ketones (excluding diaryl/α,β-unsaturated/α-hetero) is 1. The molecule has 2 amide bonds. The Kier molecular flexibility index (Phi) is 5.66. The molecule has 0 aliphatic carbocycles. The number of halogens is 1. The summed E-state index contributed by atoms with van der Waals surface area (Å²) in [6, 6.07) is 13.7. The maximum atomic E-state index is 15.6. The van der Waals surface area contributed by atoms with Crippen LogP contribution in [0, 0.1) is 5.82 Å². The first-order valence-electron chi connectivity index (χ1n) is 9.95. The zero-order chi connectivity index (χ0) is 22.0. The highest BCUT2D eigenvalue weighted by molar-refractivity contribution is 5.95. The fourth-order valence-corrected chi connectivity index (χ4v) is 3.66. The molecule has 4 rings (SSSR count). The number of pyridine rings is 1. The van der Waals surface area contributed by atoms with Crippen LogP contribution in [0.1, 0.15) is 28.4 Å². The Bertz CT molecular complexity index is 1150. The molecule has 7 heteroatoms. The minimum atomic E-state index is -0.400. The summed E-state index contributed by atoms with van der Waals surface area (Å²) < 4.78 is 20.9. The Morgan fingerprint density at radius 3 is 2.71 bits per heavy atom. The molecule has 0 unspecified atom stereocenters. The summed E-state index contributed by atoms with van der Waals surface area (Å²) in [5.74, 6) is 0.476. The molecular weight excluding hydrogens is 397 g/mol. The number of amides is 2. The van der Waals surface area contributed by atoms with Crippen LogP contribution in [0.5, 0.6) is 5.75 Å². The molecule has 158 valence electrons. The predicted octanol–water partition coefficient (Wildman–Crippen LogP) is 4.22. The highest BCUT2D eigenvalue weighted by atomic mass is 19.1. The second-order valence-electron chi connectivity index (χ2n) is 7.34. The van der Waals surface area contributed by atoms with E-state index in [1.807, 2.05) is 6.07 Å². The number of aromatic nitrogens is 1. The van der Waals surface area contributed by atoms with Gasteiger partial charge < -0.3 is 10.1 Å². The second kappa shape index (κ2) is 8.55. The number of ether oxygens (including phenoxy) is 1. The van der Waals surface area contributed by atoms with Crippen molar-refractivity contribution >= 4 is 17.6 Å². The Labute approximate surface area is 179 Å². The van der Waals surface area contributed by atoms with Crippen molar-refractivity contribution in [1.82, 2.24) is 10.3 Å². The lowest BCUT2D eigenvalue weighted by atomic mass is 9.96. The van der Waals surface area contributed by atoms with Crippen LogP contribution in [-0.2, 0) is 6.42 Å². The first-order chi connectivity index (χ1) is 15.0. The van der Waals surface area contributed by atoms with Crippen molar-refractivity contribution < 1.29 is 18.7 Å². The van der Waals surface area contributed by atoms with Crippen LogP contribution in [0.3, 0.4) is 0 Å². The molecule has 31 heavy (non-hydrogen) atoms. The largest absolute Gasteiger partial charge is 0.496 e. The Morgan fingerprint density at radius 1 is 1.23 bits per heavy atom. The average molecular weight is 419 g/mol. The summed E-state index contributed by atoms with van der Waals surface area (Å²) in [6.45, 7) is 2.64. The number of benzene rings is 2. The SMILES string of the molecule is COc1ccc(Cc2ccc(N3CCNC3=O)nc2)c(F)c1-c1cccc(C(C)=O)c1. The van der Waals surface area contributed by atoms with Gasteiger partial charge in [-0.3, -0.25) is 9.69 Å². The molecule has 1 N–H and O–H groups in total. The molecule has 6 nitrogen and oxygen atoms in total. The lowest BCUT2D eigenvalue weighted by Crippen LogP contribution is -2.28. The van der Waals surface area contributed by atoms with Crippen LogP contribution in [0.25, 0.3) is 11.1 Å². The van der Waals surface area contributed by atoms with Gasteiger partial charge in [-0.2, -0.15) is 0 Å². The molecule has 1 aliphatic rings. The van der Waals surface area contributed by atoms with Crippen molar-refractivity contribution in [1.29, 1.82) is 0 Å². The molecule has 0 saturated carbocycles. The van der Waals surface area contributed by atoms with E-state index in [1.165, 1.54) is 14.0 Å². The molecule has 0 bridgehead atoms. The molecule has 1 fully saturated rings. The smallest absolute Gasteiger partial charge is 0.323 e. The summed E-state index contributed by atoms with van der Waals surface area (Å²) in [7, 11) is 1.49. The molecule has 1 saturated heterocycles. The van der Waals surface area contributed by atoms with Crippen LogP contribution < -0.4 is 15.0 Å². The van der Waals surface area contributed by atoms with Crippen LogP contribution in [0.2, 0.25) is 0 Å². The highest BCUT2D eigenvalue weighted by Crippen LogP contribution is 2.35. The fraction of sp³-hybridized carbons (Fsp3) is 0.208. The van der Waals surface area contributed by atoms with Crippen LogP contribution in [0.4, 0.5) is 15.0 Å². The van der Waals surface area contributed by atoms with Crippen LogP contribution in [0.15, 0.2) is 54.7 Å². The molecule has 2 aromatic carbocycles. The van der Waals surface area contributed by atoms with E-state index in [9.17, 15) is 9.59 Å². The van der Waals surface area contributed by atoms with Gasteiger partial charge >= 0.3 is 6.03 Å². The second-order valence-corrected chi connectivity index (χ2v) is 7.34. The zero-order valence-corrected chi connectivity index (χ0v) is 17.3. The molecule has 0 spiro atoms. The van der Waals surface area contributed by atoms with E-state index in [1.54, 1.807) is 53.6 Å². The van der Waals surface area contributed by atoms with Crippen molar-refractivity contribution in [3.63, 3.8) is 0 Å². The van der Waals surface area contributed by atoms with Gasteiger partial charge in [-0.25, -0.2) is 14.2 Å². The van der Waals surface area contributed by atoms with E-state index in [-0.39, 0.29) is 11.8 Å². The van der Waals surface area contributed by atoms with Gasteiger partial charge in [0.2, 0.25) is 0 Å². The van der Waals surface area contributed by atoms with Gasteiger partial charge in [0.05, 0.1) is 12.7 Å². The quantitative estimate of drug-likeness (QED) is 0.608. The first-order valence-corrected chi connectivity index (χ1v) is 9.95. The van der Waals surface area contributed by atoms with Gasteiger partial charge in [0.15, 0.2) is 5.78 Å². The number of anilines is 1. The minimum absolute atomic E-state index is 0.0878.